The molecule has 0 saturated carbocycles. The van der Waals surface area contributed by atoms with Crippen LogP contribution in [0.2, 0.25) is 0 Å². The van der Waals surface area contributed by atoms with Crippen molar-refractivity contribution in [3.05, 3.63) is 65.2 Å². The summed E-state index contributed by atoms with van der Waals surface area (Å²) >= 11 is 0. The summed E-state index contributed by atoms with van der Waals surface area (Å²) in [6.07, 6.45) is 2.27. The van der Waals surface area contributed by atoms with E-state index in [2.05, 4.69) is 65.7 Å². The van der Waals surface area contributed by atoms with Crippen molar-refractivity contribution in [2.24, 2.45) is 0 Å². The number of likely N-dealkylation sites (N-methyl/N-ethyl adjacent to an activating group) is 1. The average Bonchev–Trinajstić information content (AvgIpc) is 2.90. The topological polar surface area (TPSA) is 15.3 Å². The molecule has 2 aromatic carbocycles. The van der Waals surface area contributed by atoms with Crippen LogP contribution < -0.4 is 10.2 Å². The third-order valence-corrected chi connectivity index (χ3v) is 4.39. The van der Waals surface area contributed by atoms with Gasteiger partial charge in [0.15, 0.2) is 0 Å². The molecule has 21 heavy (non-hydrogen) atoms. The Morgan fingerprint density at radius 2 is 1.90 bits per heavy atom. The highest BCUT2D eigenvalue weighted by molar-refractivity contribution is 5.59. The third-order valence-electron chi connectivity index (χ3n) is 4.39. The van der Waals surface area contributed by atoms with Gasteiger partial charge in [-0.3, -0.25) is 0 Å². The fourth-order valence-corrected chi connectivity index (χ4v) is 3.07. The van der Waals surface area contributed by atoms with E-state index in [1.165, 1.54) is 28.8 Å². The maximum atomic E-state index is 3.31. The number of fused-ring (bicyclic) bond motifs is 1. The zero-order valence-corrected chi connectivity index (χ0v) is 13.0. The summed E-state index contributed by atoms with van der Waals surface area (Å²) < 4.78 is 0. The molecule has 0 aliphatic carbocycles. The predicted octanol–water partition coefficient (Wildman–Crippen LogP) is 3.40. The monoisotopic (exact) mass is 280 g/mol. The highest BCUT2D eigenvalue weighted by Crippen LogP contribution is 2.30. The lowest BCUT2D eigenvalue weighted by Crippen LogP contribution is -2.23. The van der Waals surface area contributed by atoms with Gasteiger partial charge < -0.3 is 10.2 Å². The molecule has 1 aliphatic heterocycles. The molecule has 3 rings (SSSR count). The van der Waals surface area contributed by atoms with Crippen molar-refractivity contribution in [2.75, 3.05) is 18.5 Å². The van der Waals surface area contributed by atoms with Crippen LogP contribution in [0.1, 0.15) is 23.6 Å². The number of rotatable bonds is 5. The molecular formula is C19H24N2. The molecule has 2 heteroatoms. The minimum absolute atomic E-state index is 0.532. The average molecular weight is 280 g/mol. The summed E-state index contributed by atoms with van der Waals surface area (Å²) in [4.78, 5) is 2.50. The van der Waals surface area contributed by atoms with Gasteiger partial charge in [0.25, 0.3) is 0 Å². The van der Waals surface area contributed by atoms with E-state index in [4.69, 9.17) is 0 Å². The Balaban J connectivity index is 1.74. The quantitative estimate of drug-likeness (QED) is 0.903. The first-order valence-electron chi connectivity index (χ1n) is 7.84. The molecule has 0 saturated heterocycles. The van der Waals surface area contributed by atoms with Crippen LogP contribution in [0.5, 0.6) is 0 Å². The van der Waals surface area contributed by atoms with Crippen molar-refractivity contribution in [3.8, 4) is 0 Å². The Morgan fingerprint density at radius 1 is 1.10 bits per heavy atom. The first kappa shape index (κ1) is 14.2. The van der Waals surface area contributed by atoms with Gasteiger partial charge in [-0.2, -0.15) is 0 Å². The highest BCUT2D eigenvalue weighted by Gasteiger charge is 2.19. The van der Waals surface area contributed by atoms with Crippen LogP contribution >= 0.6 is 0 Å². The molecule has 0 aromatic heterocycles. The SMILES string of the molecule is CNC(C)Cc1ccc2c(c1)CCN2Cc1ccccc1. The normalized spacial score (nSPS) is 15.0. The van der Waals surface area contributed by atoms with E-state index in [9.17, 15) is 0 Å². The second kappa shape index (κ2) is 6.31. The number of nitrogens with one attached hydrogen (secondary N) is 1. The lowest BCUT2D eigenvalue weighted by atomic mass is 10.0. The molecule has 0 radical (unpaired) electrons. The lowest BCUT2D eigenvalue weighted by molar-refractivity contribution is 0.608. The smallest absolute Gasteiger partial charge is 0.0429 e. The molecule has 1 atom stereocenters. The first-order chi connectivity index (χ1) is 10.3. The summed E-state index contributed by atoms with van der Waals surface area (Å²) in [5, 5.41) is 3.31. The van der Waals surface area contributed by atoms with Crippen LogP contribution in [0, 0.1) is 0 Å². The predicted molar refractivity (Wildman–Crippen MR) is 89.9 cm³/mol. The molecule has 0 amide bonds. The first-order valence-corrected chi connectivity index (χ1v) is 7.84. The van der Waals surface area contributed by atoms with Crippen LogP contribution in [0.4, 0.5) is 5.69 Å². The van der Waals surface area contributed by atoms with Crippen molar-refractivity contribution >= 4 is 5.69 Å². The van der Waals surface area contributed by atoms with Gasteiger partial charge in [0.2, 0.25) is 0 Å². The third kappa shape index (κ3) is 3.27. The molecule has 0 spiro atoms. The Labute approximate surface area is 127 Å². The van der Waals surface area contributed by atoms with Gasteiger partial charge in [0.05, 0.1) is 0 Å². The summed E-state index contributed by atoms with van der Waals surface area (Å²) in [5.74, 6) is 0. The highest BCUT2D eigenvalue weighted by atomic mass is 15.1. The molecule has 0 fully saturated rings. The molecule has 110 valence electrons. The second-order valence-electron chi connectivity index (χ2n) is 6.01. The molecule has 2 nitrogen and oxygen atoms in total. The summed E-state index contributed by atoms with van der Waals surface area (Å²) in [5.41, 5.74) is 5.75. The van der Waals surface area contributed by atoms with E-state index in [0.29, 0.717) is 6.04 Å². The Hall–Kier alpha value is -1.80. The van der Waals surface area contributed by atoms with E-state index >= 15 is 0 Å². The van der Waals surface area contributed by atoms with Gasteiger partial charge in [-0.15, -0.1) is 0 Å². The zero-order valence-electron chi connectivity index (χ0n) is 13.0. The summed E-state index contributed by atoms with van der Waals surface area (Å²) in [7, 11) is 2.03. The van der Waals surface area contributed by atoms with Crippen molar-refractivity contribution in [1.29, 1.82) is 0 Å². The summed E-state index contributed by atoms with van der Waals surface area (Å²) in [6.45, 7) is 4.38. The fraction of sp³-hybridized carbons (Fsp3) is 0.368. The molecule has 2 aromatic rings. The zero-order chi connectivity index (χ0) is 14.7. The molecule has 0 bridgehead atoms. The number of anilines is 1. The summed E-state index contributed by atoms with van der Waals surface area (Å²) in [6, 6.07) is 18.3. The van der Waals surface area contributed by atoms with Crippen LogP contribution in [0.15, 0.2) is 48.5 Å². The van der Waals surface area contributed by atoms with Gasteiger partial charge in [0, 0.05) is 24.8 Å². The molecule has 1 N–H and O–H groups in total. The maximum Gasteiger partial charge on any atom is 0.0429 e. The Kier molecular flexibility index (Phi) is 4.26. The van der Waals surface area contributed by atoms with Gasteiger partial charge in [-0.05, 0) is 49.6 Å². The van der Waals surface area contributed by atoms with E-state index < -0.39 is 0 Å². The fourth-order valence-electron chi connectivity index (χ4n) is 3.07. The van der Waals surface area contributed by atoms with Gasteiger partial charge in [0.1, 0.15) is 0 Å². The molecule has 1 aliphatic rings. The van der Waals surface area contributed by atoms with E-state index in [-0.39, 0.29) is 0 Å². The van der Waals surface area contributed by atoms with E-state index in [0.717, 1.165) is 19.5 Å². The van der Waals surface area contributed by atoms with Crippen LogP contribution in [-0.2, 0) is 19.4 Å². The lowest BCUT2D eigenvalue weighted by Gasteiger charge is -2.20. The van der Waals surface area contributed by atoms with Crippen LogP contribution in [-0.4, -0.2) is 19.6 Å². The van der Waals surface area contributed by atoms with Crippen molar-refractivity contribution in [3.63, 3.8) is 0 Å². The van der Waals surface area contributed by atoms with Crippen LogP contribution in [0.3, 0.4) is 0 Å². The maximum absolute atomic E-state index is 3.31. The number of benzene rings is 2. The molecule has 1 heterocycles. The standard InChI is InChI=1S/C19H24N2/c1-15(20-2)12-17-8-9-19-18(13-17)10-11-21(19)14-16-6-4-3-5-7-16/h3-9,13,15,20H,10-12,14H2,1-2H3. The largest absolute Gasteiger partial charge is 0.367 e. The molecular weight excluding hydrogens is 256 g/mol. The van der Waals surface area contributed by atoms with E-state index in [1.54, 1.807) is 0 Å². The Bertz CT molecular complexity index is 592. The van der Waals surface area contributed by atoms with Crippen LogP contribution in [0.25, 0.3) is 0 Å². The van der Waals surface area contributed by atoms with Gasteiger partial charge >= 0.3 is 0 Å². The molecule has 1 unspecified atom stereocenters. The minimum Gasteiger partial charge on any atom is -0.367 e. The van der Waals surface area contributed by atoms with Crippen molar-refractivity contribution < 1.29 is 0 Å². The van der Waals surface area contributed by atoms with Gasteiger partial charge in [-0.25, -0.2) is 0 Å². The van der Waals surface area contributed by atoms with E-state index in [1.807, 2.05) is 7.05 Å². The Morgan fingerprint density at radius 3 is 2.67 bits per heavy atom. The minimum atomic E-state index is 0.532. The number of nitrogens with zero attached hydrogens (tertiary/aromatic N) is 1. The van der Waals surface area contributed by atoms with Crippen molar-refractivity contribution in [2.45, 2.75) is 32.4 Å². The number of hydrogen-bond acceptors (Lipinski definition) is 2. The van der Waals surface area contributed by atoms with Gasteiger partial charge in [-0.1, -0.05) is 42.5 Å². The number of hydrogen-bond donors (Lipinski definition) is 1. The van der Waals surface area contributed by atoms with Crippen molar-refractivity contribution in [1.82, 2.24) is 5.32 Å². The second-order valence-corrected chi connectivity index (χ2v) is 6.01.